The van der Waals surface area contributed by atoms with E-state index in [0.29, 0.717) is 34.0 Å². The Morgan fingerprint density at radius 2 is 0.815 bits per heavy atom. The molecular weight excluding hydrogens is 719 g/mol. The van der Waals surface area contributed by atoms with Gasteiger partial charge in [0.2, 0.25) is 0 Å². The van der Waals surface area contributed by atoms with Gasteiger partial charge in [-0.2, -0.15) is 0 Å². The number of likely N-dealkylation sites (tertiary alicyclic amines) is 2. The van der Waals surface area contributed by atoms with E-state index in [-0.39, 0.29) is 35.5 Å². The van der Waals surface area contributed by atoms with Gasteiger partial charge in [-0.05, 0) is 124 Å². The van der Waals surface area contributed by atoms with Gasteiger partial charge >= 0.3 is 0 Å². The van der Waals surface area contributed by atoms with Crippen LogP contribution in [-0.2, 0) is 0 Å². The maximum absolute atomic E-state index is 12.2. The number of amides is 2. The fourth-order valence-corrected chi connectivity index (χ4v) is 7.06. The van der Waals surface area contributed by atoms with Crippen LogP contribution in [0.15, 0.2) is 109 Å². The normalized spacial score (nSPS) is 15.4. The molecular formula is C44H50Cl2N4O4. The highest BCUT2D eigenvalue weighted by molar-refractivity contribution is 6.31. The Morgan fingerprint density at radius 3 is 1.15 bits per heavy atom. The first kappa shape index (κ1) is 40.8. The van der Waals surface area contributed by atoms with Gasteiger partial charge in [-0.3, -0.25) is 19.2 Å². The number of halogens is 2. The standard InChI is InChI=1S/2C22H25ClN2O2/c2*23-19-10-8-17(9-11-19)21(26)7-4-14-25-15-12-20(13-16-25)24-22(27)18-5-2-1-3-6-18/h2*1-3,5-6,8-11,20H,4,7,12-16H2,(H,24,27). The third kappa shape index (κ3) is 13.5. The fraction of sp³-hybridized carbons (Fsp3) is 0.364. The molecule has 0 aliphatic carbocycles. The molecule has 2 aliphatic heterocycles. The largest absolute Gasteiger partial charge is 0.349 e. The summed E-state index contributed by atoms with van der Waals surface area (Å²) >= 11 is 11.7. The zero-order valence-electron chi connectivity index (χ0n) is 30.7. The van der Waals surface area contributed by atoms with Gasteiger partial charge < -0.3 is 20.4 Å². The van der Waals surface area contributed by atoms with Gasteiger partial charge in [0.15, 0.2) is 11.6 Å². The molecule has 4 aromatic rings. The van der Waals surface area contributed by atoms with E-state index in [4.69, 9.17) is 23.2 Å². The van der Waals surface area contributed by atoms with Crippen molar-refractivity contribution in [3.8, 4) is 0 Å². The summed E-state index contributed by atoms with van der Waals surface area (Å²) in [5.41, 5.74) is 2.87. The second-order valence-electron chi connectivity index (χ2n) is 14.0. The molecule has 0 saturated carbocycles. The second kappa shape index (κ2) is 21.5. The zero-order valence-corrected chi connectivity index (χ0v) is 32.2. The molecule has 0 bridgehead atoms. The van der Waals surface area contributed by atoms with Crippen molar-refractivity contribution in [3.05, 3.63) is 141 Å². The lowest BCUT2D eigenvalue weighted by Crippen LogP contribution is -2.44. The van der Waals surface area contributed by atoms with E-state index in [1.54, 1.807) is 48.5 Å². The van der Waals surface area contributed by atoms with Crippen LogP contribution in [0.2, 0.25) is 10.0 Å². The predicted molar refractivity (Wildman–Crippen MR) is 217 cm³/mol. The Bertz CT molecular complexity index is 1640. The summed E-state index contributed by atoms with van der Waals surface area (Å²) in [6.07, 6.45) is 6.59. The first-order chi connectivity index (χ1) is 26.2. The molecule has 0 atom stereocenters. The molecule has 0 radical (unpaired) electrons. The molecule has 0 spiro atoms. The van der Waals surface area contributed by atoms with Crippen LogP contribution in [0.4, 0.5) is 0 Å². The highest BCUT2D eigenvalue weighted by atomic mass is 35.5. The van der Waals surface area contributed by atoms with E-state index in [0.717, 1.165) is 88.9 Å². The lowest BCUT2D eigenvalue weighted by atomic mass is 10.0. The second-order valence-corrected chi connectivity index (χ2v) is 14.9. The van der Waals surface area contributed by atoms with Crippen LogP contribution in [0.5, 0.6) is 0 Å². The van der Waals surface area contributed by atoms with Crippen molar-refractivity contribution in [1.82, 2.24) is 20.4 Å². The average Bonchev–Trinajstić information content (AvgIpc) is 3.20. The summed E-state index contributed by atoms with van der Waals surface area (Å²) in [5, 5.41) is 7.55. The summed E-state index contributed by atoms with van der Waals surface area (Å²) in [5.74, 6) is 0.332. The van der Waals surface area contributed by atoms with Gasteiger partial charge in [0.05, 0.1) is 0 Å². The number of piperidine rings is 2. The van der Waals surface area contributed by atoms with Crippen molar-refractivity contribution in [2.75, 3.05) is 39.3 Å². The summed E-state index contributed by atoms with van der Waals surface area (Å²) in [4.78, 5) is 53.6. The van der Waals surface area contributed by atoms with E-state index in [1.165, 1.54) is 0 Å². The van der Waals surface area contributed by atoms with Crippen LogP contribution in [-0.4, -0.2) is 84.5 Å². The highest BCUT2D eigenvalue weighted by Crippen LogP contribution is 2.17. The van der Waals surface area contributed by atoms with Crippen molar-refractivity contribution in [1.29, 1.82) is 0 Å². The quantitative estimate of drug-likeness (QED) is 0.125. The summed E-state index contributed by atoms with van der Waals surface area (Å²) < 4.78 is 0. The van der Waals surface area contributed by atoms with Crippen LogP contribution in [0.1, 0.15) is 92.8 Å². The van der Waals surface area contributed by atoms with Gasteiger partial charge in [-0.1, -0.05) is 59.6 Å². The Kier molecular flexibility index (Phi) is 16.3. The lowest BCUT2D eigenvalue weighted by Gasteiger charge is -2.32. The number of rotatable bonds is 14. The molecule has 54 heavy (non-hydrogen) atoms. The van der Waals surface area contributed by atoms with Crippen molar-refractivity contribution in [2.45, 2.75) is 63.5 Å². The van der Waals surface area contributed by atoms with E-state index >= 15 is 0 Å². The maximum atomic E-state index is 12.2. The first-order valence-corrected chi connectivity index (χ1v) is 19.7. The predicted octanol–water partition coefficient (Wildman–Crippen LogP) is 8.39. The molecule has 8 nitrogen and oxygen atoms in total. The summed E-state index contributed by atoms with van der Waals surface area (Å²) in [6, 6.07) is 33.3. The van der Waals surface area contributed by atoms with Crippen molar-refractivity contribution < 1.29 is 19.2 Å². The lowest BCUT2D eigenvalue weighted by molar-refractivity contribution is 0.0899. The number of carbonyl (C=O) groups is 4. The molecule has 4 aromatic carbocycles. The summed E-state index contributed by atoms with van der Waals surface area (Å²) in [7, 11) is 0. The smallest absolute Gasteiger partial charge is 0.251 e. The van der Waals surface area contributed by atoms with Crippen LogP contribution in [0, 0.1) is 0 Å². The molecule has 2 N–H and O–H groups in total. The molecule has 10 heteroatoms. The molecule has 284 valence electrons. The molecule has 2 amide bonds. The number of benzene rings is 4. The maximum Gasteiger partial charge on any atom is 0.251 e. The van der Waals surface area contributed by atoms with Crippen LogP contribution in [0.25, 0.3) is 0 Å². The molecule has 0 aromatic heterocycles. The number of carbonyl (C=O) groups excluding carboxylic acids is 4. The van der Waals surface area contributed by atoms with Gasteiger partial charge in [-0.15, -0.1) is 0 Å². The van der Waals surface area contributed by atoms with Crippen LogP contribution >= 0.6 is 23.2 Å². The number of hydrogen-bond donors (Lipinski definition) is 2. The number of hydrogen-bond acceptors (Lipinski definition) is 6. The van der Waals surface area contributed by atoms with Gasteiger partial charge in [0, 0.05) is 83.4 Å². The fourth-order valence-electron chi connectivity index (χ4n) is 6.81. The van der Waals surface area contributed by atoms with E-state index in [1.807, 2.05) is 60.7 Å². The third-order valence-electron chi connectivity index (χ3n) is 10.0. The molecule has 2 fully saturated rings. The van der Waals surface area contributed by atoms with Gasteiger partial charge in [0.25, 0.3) is 11.8 Å². The molecule has 2 aliphatic rings. The van der Waals surface area contributed by atoms with Crippen molar-refractivity contribution in [2.24, 2.45) is 0 Å². The van der Waals surface area contributed by atoms with E-state index in [2.05, 4.69) is 20.4 Å². The Hall–Kier alpha value is -4.34. The number of Topliss-reactive ketones (excluding diaryl/α,β-unsaturated/α-hetero) is 2. The first-order valence-electron chi connectivity index (χ1n) is 19.0. The Balaban J connectivity index is 0.000000208. The Morgan fingerprint density at radius 1 is 0.481 bits per heavy atom. The van der Waals surface area contributed by atoms with Crippen molar-refractivity contribution in [3.63, 3.8) is 0 Å². The minimum Gasteiger partial charge on any atom is -0.349 e. The molecule has 2 heterocycles. The van der Waals surface area contributed by atoms with Gasteiger partial charge in [-0.25, -0.2) is 0 Å². The zero-order chi connectivity index (χ0) is 38.1. The number of ketones is 2. The minimum absolute atomic E-state index is 0.00242. The highest BCUT2D eigenvalue weighted by Gasteiger charge is 2.22. The SMILES string of the molecule is O=C(CCCN1CCC(NC(=O)c2ccccc2)CC1)c1ccc(Cl)cc1.O=C(CCCN1CCC(NC(=O)c2ccccc2)CC1)c1ccc(Cl)cc1. The monoisotopic (exact) mass is 768 g/mol. The van der Waals surface area contributed by atoms with Crippen molar-refractivity contribution >= 4 is 46.6 Å². The van der Waals surface area contributed by atoms with Crippen LogP contribution in [0.3, 0.4) is 0 Å². The number of nitrogens with one attached hydrogen (secondary N) is 2. The molecule has 2 saturated heterocycles. The third-order valence-corrected chi connectivity index (χ3v) is 10.5. The van der Waals surface area contributed by atoms with Crippen LogP contribution < -0.4 is 10.6 Å². The van der Waals surface area contributed by atoms with Gasteiger partial charge in [0.1, 0.15) is 0 Å². The van der Waals surface area contributed by atoms with E-state index < -0.39 is 0 Å². The average molecular weight is 770 g/mol. The number of nitrogens with zero attached hydrogens (tertiary/aromatic N) is 2. The summed E-state index contributed by atoms with van der Waals surface area (Å²) in [6.45, 7) is 5.64. The van der Waals surface area contributed by atoms with E-state index in [9.17, 15) is 19.2 Å². The molecule has 0 unspecified atom stereocenters. The minimum atomic E-state index is 0.00242. The molecule has 6 rings (SSSR count). The topological polar surface area (TPSA) is 98.8 Å². The Labute approximate surface area is 329 Å².